The molecule has 0 spiro atoms. The van der Waals surface area contributed by atoms with Crippen molar-refractivity contribution in [3.05, 3.63) is 0 Å². The van der Waals surface area contributed by atoms with E-state index in [1.165, 1.54) is 0 Å². The molecule has 0 aliphatic carbocycles. The average molecular weight is 674 g/mol. The largest absolute Gasteiger partial charge is 0.448 e. The molecule has 24 heteroatoms. The zero-order valence-electron chi connectivity index (χ0n) is 19.5. The molecule has 42 heavy (non-hydrogen) atoms. The highest BCUT2D eigenvalue weighted by molar-refractivity contribution is 8.02. The third-order valence-electron chi connectivity index (χ3n) is 5.63. The molecule has 0 aromatic rings. The minimum Gasteiger partial charge on any atom is -0.428 e. The summed E-state index contributed by atoms with van der Waals surface area (Å²) in [6.07, 6.45) is -27.8. The van der Waals surface area contributed by atoms with E-state index in [1.54, 1.807) is 0 Å². The van der Waals surface area contributed by atoms with Crippen LogP contribution in [0.3, 0.4) is 0 Å². The van der Waals surface area contributed by atoms with Gasteiger partial charge in [0.2, 0.25) is 23.6 Å². The topological polar surface area (TPSA) is 127 Å². The average Bonchev–Trinajstić information content (AvgIpc) is 3.32. The number of carbonyl (C=O) groups is 6. The summed E-state index contributed by atoms with van der Waals surface area (Å²) in [6, 6.07) is 0. The van der Waals surface area contributed by atoms with Gasteiger partial charge in [-0.1, -0.05) is 23.5 Å². The van der Waals surface area contributed by atoms with Gasteiger partial charge in [-0.3, -0.25) is 38.6 Å². The van der Waals surface area contributed by atoms with Gasteiger partial charge in [0.15, 0.2) is 0 Å². The number of piperazine rings is 1. The number of carbonyl (C=O) groups excluding carboxylic acids is 6. The number of ether oxygens (including phenoxy) is 2. The molecule has 0 N–H and O–H groups in total. The highest BCUT2D eigenvalue weighted by Gasteiger charge is 2.80. The van der Waals surface area contributed by atoms with E-state index in [9.17, 15) is 81.5 Å². The lowest BCUT2D eigenvalue weighted by atomic mass is 10.2. The standard InChI is InChI=1S/C18H10F12N2O8S2/c19-15(20,21)13(16(22,23)24)39-11(37)5(41-13)1-7(33)31-3-10(36)32(4-9(31)35)8(34)2-6-12(38)40-14(42-6,17(25,26)27)18(28,29)30/h5-6H,1-4H2. The van der Waals surface area contributed by atoms with Gasteiger partial charge >= 0.3 is 46.5 Å². The van der Waals surface area contributed by atoms with Crippen LogP contribution in [0.5, 0.6) is 0 Å². The molecule has 2 unspecified atom stereocenters. The van der Waals surface area contributed by atoms with Crippen molar-refractivity contribution >= 4 is 59.1 Å². The van der Waals surface area contributed by atoms with Crippen molar-refractivity contribution in [1.82, 2.24) is 9.80 Å². The fourth-order valence-corrected chi connectivity index (χ4v) is 5.98. The number of nitrogens with zero attached hydrogens (tertiary/aromatic N) is 2. The van der Waals surface area contributed by atoms with Crippen molar-refractivity contribution in [3.63, 3.8) is 0 Å². The van der Waals surface area contributed by atoms with E-state index in [0.29, 0.717) is 0 Å². The number of alkyl halides is 12. The summed E-state index contributed by atoms with van der Waals surface area (Å²) >= 11 is -2.27. The van der Waals surface area contributed by atoms with Crippen LogP contribution in [-0.4, -0.2) is 104 Å². The fourth-order valence-electron chi connectivity index (χ4n) is 3.64. The second kappa shape index (κ2) is 10.4. The van der Waals surface area contributed by atoms with Crippen LogP contribution >= 0.6 is 23.5 Å². The Morgan fingerprint density at radius 1 is 0.619 bits per heavy atom. The summed E-state index contributed by atoms with van der Waals surface area (Å²) in [5, 5.41) is -4.92. The van der Waals surface area contributed by atoms with E-state index in [1.807, 2.05) is 0 Å². The Morgan fingerprint density at radius 2 is 0.881 bits per heavy atom. The normalized spacial score (nSPS) is 25.0. The van der Waals surface area contributed by atoms with Crippen LogP contribution in [0.4, 0.5) is 52.7 Å². The van der Waals surface area contributed by atoms with Crippen molar-refractivity contribution in [1.29, 1.82) is 0 Å². The molecular weight excluding hydrogens is 664 g/mol. The first kappa shape index (κ1) is 33.6. The zero-order valence-corrected chi connectivity index (χ0v) is 21.1. The maximum Gasteiger partial charge on any atom is 0.448 e. The summed E-state index contributed by atoms with van der Waals surface area (Å²) in [5.74, 6) is -10.6. The first-order valence-corrected chi connectivity index (χ1v) is 12.3. The zero-order chi connectivity index (χ0) is 32.4. The number of thioether (sulfide) groups is 2. The number of hydrogen-bond donors (Lipinski definition) is 0. The molecule has 3 rings (SSSR count). The molecule has 0 radical (unpaired) electrons. The second-order valence-electron chi connectivity index (χ2n) is 8.43. The third kappa shape index (κ3) is 5.57. The van der Waals surface area contributed by atoms with Gasteiger partial charge in [-0.2, -0.15) is 52.7 Å². The molecule has 3 fully saturated rings. The number of esters is 2. The van der Waals surface area contributed by atoms with Crippen LogP contribution in [0.25, 0.3) is 0 Å². The van der Waals surface area contributed by atoms with Crippen molar-refractivity contribution in [2.24, 2.45) is 0 Å². The molecule has 3 aliphatic rings. The number of rotatable bonds is 4. The van der Waals surface area contributed by atoms with Gasteiger partial charge in [-0.25, -0.2) is 0 Å². The maximum absolute atomic E-state index is 13.1. The summed E-state index contributed by atoms with van der Waals surface area (Å²) in [4.78, 5) is 62.8. The minimum absolute atomic E-state index is 0.0575. The summed E-state index contributed by atoms with van der Waals surface area (Å²) < 4.78 is 164. The van der Waals surface area contributed by atoms with Gasteiger partial charge in [0, 0.05) is 12.8 Å². The molecule has 0 aromatic heterocycles. The molecule has 0 saturated carbocycles. The summed E-state index contributed by atoms with van der Waals surface area (Å²) in [7, 11) is 0. The van der Waals surface area contributed by atoms with Crippen LogP contribution in [0.1, 0.15) is 12.8 Å². The predicted octanol–water partition coefficient (Wildman–Crippen LogP) is 2.45. The van der Waals surface area contributed by atoms with Crippen LogP contribution < -0.4 is 0 Å². The van der Waals surface area contributed by atoms with Crippen molar-refractivity contribution in [3.8, 4) is 0 Å². The lowest BCUT2D eigenvalue weighted by Crippen LogP contribution is -2.57. The number of hydrogen-bond acceptors (Lipinski definition) is 10. The van der Waals surface area contributed by atoms with Gasteiger partial charge in [0.1, 0.15) is 23.6 Å². The summed E-state index contributed by atoms with van der Waals surface area (Å²) in [5.41, 5.74) is 0. The van der Waals surface area contributed by atoms with Gasteiger partial charge in [-0.05, 0) is 0 Å². The molecule has 236 valence electrons. The van der Waals surface area contributed by atoms with E-state index < -0.39 is 130 Å². The Labute approximate surface area is 231 Å². The Kier molecular flexibility index (Phi) is 8.29. The molecule has 0 bridgehead atoms. The molecule has 4 amide bonds. The lowest BCUT2D eigenvalue weighted by Gasteiger charge is -2.32. The van der Waals surface area contributed by atoms with E-state index in [2.05, 4.69) is 9.47 Å². The Morgan fingerprint density at radius 3 is 1.10 bits per heavy atom. The van der Waals surface area contributed by atoms with Gasteiger partial charge in [0.05, 0.1) is 0 Å². The molecule has 3 heterocycles. The van der Waals surface area contributed by atoms with Crippen LogP contribution in [0.15, 0.2) is 0 Å². The highest BCUT2D eigenvalue weighted by Crippen LogP contribution is 2.59. The smallest absolute Gasteiger partial charge is 0.428 e. The summed E-state index contributed by atoms with van der Waals surface area (Å²) in [6.45, 7) is -2.84. The number of halogens is 12. The highest BCUT2D eigenvalue weighted by atomic mass is 32.2. The van der Waals surface area contributed by atoms with Gasteiger partial charge in [-0.15, -0.1) is 0 Å². The Hall–Kier alpha value is -2.92. The molecule has 0 aromatic carbocycles. The Bertz CT molecular complexity index is 1090. The third-order valence-corrected chi connectivity index (χ3v) is 8.68. The van der Waals surface area contributed by atoms with Crippen LogP contribution in [0.2, 0.25) is 0 Å². The van der Waals surface area contributed by atoms with E-state index in [4.69, 9.17) is 0 Å². The lowest BCUT2D eigenvalue weighted by molar-refractivity contribution is -0.327. The maximum atomic E-state index is 13.1. The molecule has 3 aliphatic heterocycles. The van der Waals surface area contributed by atoms with Crippen LogP contribution in [0, 0.1) is 0 Å². The van der Waals surface area contributed by atoms with Gasteiger partial charge < -0.3 is 9.47 Å². The molecular formula is C18H10F12N2O8S2. The van der Waals surface area contributed by atoms with E-state index >= 15 is 0 Å². The monoisotopic (exact) mass is 674 g/mol. The quantitative estimate of drug-likeness (QED) is 0.324. The predicted molar refractivity (Wildman–Crippen MR) is 107 cm³/mol. The van der Waals surface area contributed by atoms with Crippen LogP contribution in [-0.2, 0) is 38.2 Å². The van der Waals surface area contributed by atoms with Crippen molar-refractivity contribution < 1.29 is 90.9 Å². The van der Waals surface area contributed by atoms with Crippen molar-refractivity contribution in [2.45, 2.75) is 57.9 Å². The van der Waals surface area contributed by atoms with Crippen molar-refractivity contribution in [2.75, 3.05) is 13.1 Å². The van der Waals surface area contributed by atoms with Gasteiger partial charge in [0.25, 0.3) is 0 Å². The van der Waals surface area contributed by atoms with E-state index in [-0.39, 0.29) is 9.80 Å². The first-order chi connectivity index (χ1) is 18.8. The molecule has 3 saturated heterocycles. The minimum atomic E-state index is -6.19. The number of imide groups is 2. The fraction of sp³-hybridized carbons (Fsp3) is 0.667. The first-order valence-electron chi connectivity index (χ1n) is 10.5. The number of cyclic esters (lactones) is 2. The SMILES string of the molecule is O=C1OC(C(F)(F)F)(C(F)(F)F)SC1CC(=O)N1CC(=O)N(C(=O)CC2SC(C(F)(F)F)(C(F)(F)F)OC2=O)CC1=O. The number of amides is 4. The Balaban J connectivity index is 1.68. The molecule has 10 nitrogen and oxygen atoms in total. The van der Waals surface area contributed by atoms with E-state index in [0.717, 1.165) is 0 Å². The second-order valence-corrected chi connectivity index (χ2v) is 11.2. The molecule has 2 atom stereocenters.